The van der Waals surface area contributed by atoms with Gasteiger partial charge in [0.15, 0.2) is 0 Å². The van der Waals surface area contributed by atoms with Gasteiger partial charge in [0.1, 0.15) is 11.9 Å². The Labute approximate surface area is 84.5 Å². The molecule has 0 aliphatic rings. The van der Waals surface area contributed by atoms with Crippen LogP contribution < -0.4 is 4.74 Å². The van der Waals surface area contributed by atoms with Crippen molar-refractivity contribution in [2.75, 3.05) is 0 Å². The fourth-order valence-electron chi connectivity index (χ4n) is 0.917. The summed E-state index contributed by atoms with van der Waals surface area (Å²) in [6.07, 6.45) is 1.54. The summed E-state index contributed by atoms with van der Waals surface area (Å²) in [4.78, 5) is 0. The lowest BCUT2D eigenvalue weighted by molar-refractivity contribution is 0.495. The molecule has 0 aliphatic carbocycles. The van der Waals surface area contributed by atoms with Crippen LogP contribution in [0.1, 0.15) is 5.56 Å². The molecule has 0 fully saturated rings. The summed E-state index contributed by atoms with van der Waals surface area (Å²) >= 11 is 1.18. The van der Waals surface area contributed by atoms with Gasteiger partial charge in [-0.15, -0.1) is 5.10 Å². The molecule has 2 aromatic rings. The third kappa shape index (κ3) is 1.87. The van der Waals surface area contributed by atoms with Gasteiger partial charge in [-0.2, -0.15) is 5.26 Å². The number of ether oxygens (including phenoxy) is 1. The lowest BCUT2D eigenvalue weighted by atomic mass is 10.2. The Morgan fingerprint density at radius 1 is 1.29 bits per heavy atom. The number of benzene rings is 1. The van der Waals surface area contributed by atoms with Gasteiger partial charge in [-0.05, 0) is 24.3 Å². The van der Waals surface area contributed by atoms with Crippen molar-refractivity contribution in [3.05, 3.63) is 36.0 Å². The average molecular weight is 203 g/mol. The second-order valence-electron chi connectivity index (χ2n) is 2.47. The zero-order valence-electron chi connectivity index (χ0n) is 7.04. The van der Waals surface area contributed by atoms with Crippen LogP contribution in [0.5, 0.6) is 10.8 Å². The molecule has 1 aromatic heterocycles. The van der Waals surface area contributed by atoms with Crippen LogP contribution in [0.15, 0.2) is 30.5 Å². The summed E-state index contributed by atoms with van der Waals surface area (Å²) < 4.78 is 9.07. The highest BCUT2D eigenvalue weighted by Gasteiger charge is 1.99. The van der Waals surface area contributed by atoms with Gasteiger partial charge in [0, 0.05) is 11.5 Å². The molecule has 0 aliphatic heterocycles. The van der Waals surface area contributed by atoms with E-state index in [1.165, 1.54) is 11.5 Å². The van der Waals surface area contributed by atoms with Crippen molar-refractivity contribution in [2.45, 2.75) is 0 Å². The van der Waals surface area contributed by atoms with Gasteiger partial charge in [0.2, 0.25) is 5.06 Å². The van der Waals surface area contributed by atoms with E-state index in [1.807, 2.05) is 6.07 Å². The molecule has 0 saturated heterocycles. The lowest BCUT2D eigenvalue weighted by Crippen LogP contribution is -1.80. The molecule has 5 heteroatoms. The van der Waals surface area contributed by atoms with Crippen LogP contribution in [0, 0.1) is 11.3 Å². The molecule has 0 spiro atoms. The topological polar surface area (TPSA) is 58.8 Å². The largest absolute Gasteiger partial charge is 0.443 e. The number of hydrogen-bond acceptors (Lipinski definition) is 5. The molecule has 4 nitrogen and oxygen atoms in total. The van der Waals surface area contributed by atoms with Crippen molar-refractivity contribution in [1.29, 1.82) is 5.26 Å². The van der Waals surface area contributed by atoms with Gasteiger partial charge >= 0.3 is 0 Å². The molecular formula is C9H5N3OS. The van der Waals surface area contributed by atoms with E-state index in [9.17, 15) is 0 Å². The van der Waals surface area contributed by atoms with E-state index < -0.39 is 0 Å². The first kappa shape index (κ1) is 8.66. The number of nitriles is 1. The number of aromatic nitrogens is 2. The third-order valence-corrected chi connectivity index (χ3v) is 2.09. The predicted molar refractivity (Wildman–Crippen MR) is 51.1 cm³/mol. The monoisotopic (exact) mass is 203 g/mol. The fraction of sp³-hybridized carbons (Fsp3) is 0. The zero-order chi connectivity index (χ0) is 9.80. The van der Waals surface area contributed by atoms with Crippen molar-refractivity contribution in [1.82, 2.24) is 9.59 Å². The van der Waals surface area contributed by atoms with Gasteiger partial charge in [0.25, 0.3) is 0 Å². The SMILES string of the molecule is N#Cc1ccc(Oc2cnns2)cc1. The predicted octanol–water partition coefficient (Wildman–Crippen LogP) is 2.20. The number of hydrogen-bond donors (Lipinski definition) is 0. The molecular weight excluding hydrogens is 198 g/mol. The van der Waals surface area contributed by atoms with Crippen LogP contribution in [0.4, 0.5) is 0 Å². The molecule has 0 amide bonds. The first-order chi connectivity index (χ1) is 6.88. The molecule has 14 heavy (non-hydrogen) atoms. The Hall–Kier alpha value is -1.93. The van der Waals surface area contributed by atoms with Crippen LogP contribution in [0.3, 0.4) is 0 Å². The minimum atomic E-state index is 0.611. The summed E-state index contributed by atoms with van der Waals surface area (Å²) in [7, 11) is 0. The summed E-state index contributed by atoms with van der Waals surface area (Å²) in [5.41, 5.74) is 0.611. The number of rotatable bonds is 2. The quantitative estimate of drug-likeness (QED) is 0.750. The van der Waals surface area contributed by atoms with Crippen LogP contribution in [0.2, 0.25) is 0 Å². The minimum Gasteiger partial charge on any atom is -0.443 e. The summed E-state index contributed by atoms with van der Waals surface area (Å²) in [5, 5.41) is 12.9. The van der Waals surface area contributed by atoms with E-state index in [2.05, 4.69) is 9.59 Å². The van der Waals surface area contributed by atoms with E-state index >= 15 is 0 Å². The van der Waals surface area contributed by atoms with Crippen LogP contribution in [0.25, 0.3) is 0 Å². The van der Waals surface area contributed by atoms with E-state index in [0.717, 1.165) is 0 Å². The van der Waals surface area contributed by atoms with Gasteiger partial charge < -0.3 is 4.74 Å². The maximum absolute atomic E-state index is 8.58. The number of nitrogens with zero attached hydrogens (tertiary/aromatic N) is 3. The molecule has 0 radical (unpaired) electrons. The second-order valence-corrected chi connectivity index (χ2v) is 3.22. The minimum absolute atomic E-state index is 0.611. The van der Waals surface area contributed by atoms with Crippen molar-refractivity contribution in [3.8, 4) is 16.9 Å². The van der Waals surface area contributed by atoms with Crippen LogP contribution >= 0.6 is 11.5 Å². The molecule has 1 aromatic carbocycles. The van der Waals surface area contributed by atoms with Gasteiger partial charge in [0.05, 0.1) is 11.6 Å². The molecule has 2 rings (SSSR count). The third-order valence-electron chi connectivity index (χ3n) is 1.54. The molecule has 0 atom stereocenters. The van der Waals surface area contributed by atoms with Gasteiger partial charge in [-0.25, -0.2) is 0 Å². The maximum atomic E-state index is 8.58. The van der Waals surface area contributed by atoms with Gasteiger partial charge in [-0.1, -0.05) is 4.49 Å². The van der Waals surface area contributed by atoms with Crippen molar-refractivity contribution >= 4 is 11.5 Å². The highest BCUT2D eigenvalue weighted by Crippen LogP contribution is 2.22. The zero-order valence-corrected chi connectivity index (χ0v) is 7.86. The molecule has 1 heterocycles. The van der Waals surface area contributed by atoms with Crippen LogP contribution in [-0.2, 0) is 0 Å². The van der Waals surface area contributed by atoms with E-state index in [-0.39, 0.29) is 0 Å². The first-order valence-corrected chi connectivity index (χ1v) is 4.61. The van der Waals surface area contributed by atoms with Crippen LogP contribution in [-0.4, -0.2) is 9.59 Å². The standard InChI is InChI=1S/C9H5N3OS/c10-5-7-1-3-8(4-2-7)13-9-6-11-12-14-9/h1-4,6H. The van der Waals surface area contributed by atoms with E-state index in [4.69, 9.17) is 10.00 Å². The molecule has 0 unspecified atom stereocenters. The highest BCUT2D eigenvalue weighted by molar-refractivity contribution is 7.07. The molecule has 0 N–H and O–H groups in total. The van der Waals surface area contributed by atoms with E-state index in [1.54, 1.807) is 30.5 Å². The summed E-state index contributed by atoms with van der Waals surface area (Å²) in [5.74, 6) is 0.676. The Kier molecular flexibility index (Phi) is 2.38. The Balaban J connectivity index is 2.15. The Bertz CT molecular complexity index is 444. The van der Waals surface area contributed by atoms with Crippen molar-refractivity contribution in [3.63, 3.8) is 0 Å². The van der Waals surface area contributed by atoms with E-state index in [0.29, 0.717) is 16.4 Å². The molecule has 0 saturated carbocycles. The maximum Gasteiger partial charge on any atom is 0.220 e. The van der Waals surface area contributed by atoms with Gasteiger partial charge in [-0.3, -0.25) is 0 Å². The smallest absolute Gasteiger partial charge is 0.220 e. The average Bonchev–Trinajstić information content (AvgIpc) is 2.72. The Morgan fingerprint density at radius 2 is 2.07 bits per heavy atom. The molecule has 68 valence electrons. The fourth-order valence-corrected chi connectivity index (χ4v) is 1.32. The van der Waals surface area contributed by atoms with Crippen molar-refractivity contribution in [2.24, 2.45) is 0 Å². The summed E-state index contributed by atoms with van der Waals surface area (Å²) in [6.45, 7) is 0. The Morgan fingerprint density at radius 3 is 2.64 bits per heavy atom. The normalized spacial score (nSPS) is 9.36. The summed E-state index contributed by atoms with van der Waals surface area (Å²) in [6, 6.07) is 8.90. The van der Waals surface area contributed by atoms with Crippen molar-refractivity contribution < 1.29 is 4.74 Å². The highest BCUT2D eigenvalue weighted by atomic mass is 32.1. The molecule has 0 bridgehead atoms. The lowest BCUT2D eigenvalue weighted by Gasteiger charge is -1.99. The second kappa shape index (κ2) is 3.85. The first-order valence-electron chi connectivity index (χ1n) is 3.84.